The number of rotatable bonds is 38. The van der Waals surface area contributed by atoms with Gasteiger partial charge in [0, 0.05) is 13.0 Å². The molecule has 11 nitrogen and oxygen atoms in total. The van der Waals surface area contributed by atoms with Gasteiger partial charge < -0.3 is 42.2 Å². The quantitative estimate of drug-likeness (QED) is 0.0261. The van der Waals surface area contributed by atoms with Crippen LogP contribution >= 0.6 is 0 Å². The Morgan fingerprint density at radius 2 is 1.07 bits per heavy atom. The number of hydrogen-bond donors (Lipinski definition) is 6. The second-order valence-electron chi connectivity index (χ2n) is 17.3. The minimum atomic E-state index is -2.63. The Morgan fingerprint density at radius 1 is 0.672 bits per heavy atom. The van der Waals surface area contributed by atoms with Gasteiger partial charge in [0.1, 0.15) is 18.3 Å². The Morgan fingerprint density at radius 3 is 1.47 bits per heavy atom. The largest absolute Gasteiger partial charge is 0.394 e. The fourth-order valence-electron chi connectivity index (χ4n) is 8.48. The van der Waals surface area contributed by atoms with Crippen LogP contribution < -0.4 is 17.2 Å². The van der Waals surface area contributed by atoms with E-state index in [1.807, 2.05) is 0 Å². The van der Waals surface area contributed by atoms with Gasteiger partial charge in [-0.3, -0.25) is 14.4 Å². The standard InChI is InChI=1S/C47H90N4O7/c1-4-6-8-10-12-14-16-18-20-22-24-26-28-30-32-34-36-51(42(54)35-33-31-29-27-25-23-21-19-17-15-13-11-9-7-5-2)47(44(56)39(3)49)46(50,41(53)37-48)45(57)43(55)40(38-52)58-47/h19,21,39-40,43,45,52,55,57H,4-18,20,22-38,48-50H2,1-3H3/b21-19-/t39-,40+,43+,45-,46+,47+/m0/s1. The summed E-state index contributed by atoms with van der Waals surface area (Å²) in [5, 5.41) is 32.6. The van der Waals surface area contributed by atoms with Crippen LogP contribution in [0.3, 0.4) is 0 Å². The van der Waals surface area contributed by atoms with Crippen molar-refractivity contribution in [2.45, 2.75) is 249 Å². The van der Waals surface area contributed by atoms with Gasteiger partial charge in [-0.25, -0.2) is 0 Å². The van der Waals surface area contributed by atoms with Crippen LogP contribution in [0.25, 0.3) is 0 Å². The molecule has 1 heterocycles. The van der Waals surface area contributed by atoms with Crippen molar-refractivity contribution in [3.05, 3.63) is 12.2 Å². The molecule has 1 aliphatic heterocycles. The number of carbonyl (C=O) groups is 3. The van der Waals surface area contributed by atoms with E-state index in [1.54, 1.807) is 0 Å². The number of amides is 1. The lowest BCUT2D eigenvalue weighted by atomic mass is 9.69. The van der Waals surface area contributed by atoms with Crippen LogP contribution in [0, 0.1) is 0 Å². The third kappa shape index (κ3) is 18.5. The topological polar surface area (TPSA) is 202 Å². The molecule has 6 atom stereocenters. The monoisotopic (exact) mass is 823 g/mol. The first-order valence-corrected chi connectivity index (χ1v) is 23.9. The molecule has 58 heavy (non-hydrogen) atoms. The highest BCUT2D eigenvalue weighted by atomic mass is 16.6. The Kier molecular flexibility index (Phi) is 30.9. The molecule has 1 amide bonds. The predicted octanol–water partition coefficient (Wildman–Crippen LogP) is 8.06. The van der Waals surface area contributed by atoms with Crippen molar-refractivity contribution in [2.24, 2.45) is 17.2 Å². The molecular formula is C47H90N4O7. The number of carbonyl (C=O) groups excluding carboxylic acids is 3. The van der Waals surface area contributed by atoms with Crippen molar-refractivity contribution in [2.75, 3.05) is 19.7 Å². The maximum Gasteiger partial charge on any atom is 0.233 e. The van der Waals surface area contributed by atoms with Crippen molar-refractivity contribution < 1.29 is 34.4 Å². The molecule has 9 N–H and O–H groups in total. The van der Waals surface area contributed by atoms with Gasteiger partial charge in [-0.2, -0.15) is 0 Å². The van der Waals surface area contributed by atoms with Gasteiger partial charge in [0.25, 0.3) is 0 Å². The van der Waals surface area contributed by atoms with Gasteiger partial charge in [0.05, 0.1) is 19.2 Å². The average molecular weight is 823 g/mol. The van der Waals surface area contributed by atoms with E-state index in [0.717, 1.165) is 64.2 Å². The Hall–Kier alpha value is -1.73. The molecule has 0 unspecified atom stereocenters. The number of aliphatic hydroxyl groups excluding tert-OH is 3. The lowest BCUT2D eigenvalue weighted by molar-refractivity contribution is -0.287. The highest BCUT2D eigenvalue weighted by molar-refractivity contribution is 6.05. The van der Waals surface area contributed by atoms with Crippen molar-refractivity contribution in [1.29, 1.82) is 0 Å². The first-order chi connectivity index (χ1) is 28.0. The molecule has 1 fully saturated rings. The summed E-state index contributed by atoms with van der Waals surface area (Å²) in [5.74, 6) is -2.32. The Labute approximate surface area is 354 Å². The Bertz CT molecular complexity index is 1110. The molecule has 0 saturated carbocycles. The summed E-state index contributed by atoms with van der Waals surface area (Å²) in [5.41, 5.74) is 13.5. The van der Waals surface area contributed by atoms with E-state index in [0.29, 0.717) is 12.8 Å². The van der Waals surface area contributed by atoms with Gasteiger partial charge in [-0.05, 0) is 45.4 Å². The molecule has 0 aliphatic carbocycles. The summed E-state index contributed by atoms with van der Waals surface area (Å²) in [4.78, 5) is 43.4. The highest BCUT2D eigenvalue weighted by Crippen LogP contribution is 2.42. The molecular weight excluding hydrogens is 733 g/mol. The first-order valence-electron chi connectivity index (χ1n) is 23.9. The summed E-state index contributed by atoms with van der Waals surface area (Å²) in [6.07, 6.45) is 32.3. The van der Waals surface area contributed by atoms with Crippen molar-refractivity contribution in [3.63, 3.8) is 0 Å². The lowest BCUT2D eigenvalue weighted by Crippen LogP contribution is -2.88. The fourth-order valence-corrected chi connectivity index (χ4v) is 8.48. The van der Waals surface area contributed by atoms with Gasteiger partial charge in [0.2, 0.25) is 17.4 Å². The second kappa shape index (κ2) is 33.0. The molecule has 0 aromatic heterocycles. The van der Waals surface area contributed by atoms with E-state index in [4.69, 9.17) is 21.9 Å². The number of unbranched alkanes of at least 4 members (excludes halogenated alkanes) is 26. The van der Waals surface area contributed by atoms with E-state index in [9.17, 15) is 29.7 Å². The van der Waals surface area contributed by atoms with Crippen molar-refractivity contribution in [3.8, 4) is 0 Å². The van der Waals surface area contributed by atoms with E-state index in [2.05, 4.69) is 26.0 Å². The summed E-state index contributed by atoms with van der Waals surface area (Å²) < 4.78 is 6.17. The Balaban J connectivity index is 2.89. The van der Waals surface area contributed by atoms with Crippen LogP contribution in [0.2, 0.25) is 0 Å². The normalized spacial score (nSPS) is 22.7. The third-order valence-electron chi connectivity index (χ3n) is 12.2. The maximum atomic E-state index is 14.3. The number of Topliss-reactive ketones (excluding diaryl/α,β-unsaturated/α-hetero) is 2. The molecule has 1 saturated heterocycles. The number of ketones is 2. The van der Waals surface area contributed by atoms with E-state index in [1.165, 1.54) is 121 Å². The zero-order chi connectivity index (χ0) is 43.1. The fraction of sp³-hybridized carbons (Fsp3) is 0.894. The van der Waals surface area contributed by atoms with Crippen LogP contribution in [0.5, 0.6) is 0 Å². The number of allylic oxidation sites excluding steroid dienone is 2. The molecule has 0 aromatic carbocycles. The van der Waals surface area contributed by atoms with Gasteiger partial charge in [0.15, 0.2) is 11.3 Å². The SMILES string of the molecule is CCCCCCCC/C=C\CCCCCCCC(=O)N(CCCCCCCCCCCCCCCCCC)[C@]1(C(=O)[C@H](C)N)O[C@H](CO)[C@@H](O)[C@H](O)[C@]1(N)C(=O)CN. The zero-order valence-corrected chi connectivity index (χ0v) is 37.5. The molecule has 0 radical (unpaired) electrons. The molecule has 0 bridgehead atoms. The van der Waals surface area contributed by atoms with Crippen molar-refractivity contribution in [1.82, 2.24) is 4.90 Å². The lowest BCUT2D eigenvalue weighted by Gasteiger charge is -2.58. The summed E-state index contributed by atoms with van der Waals surface area (Å²) in [6, 6.07) is -1.27. The highest BCUT2D eigenvalue weighted by Gasteiger charge is 2.72. The minimum absolute atomic E-state index is 0.0125. The summed E-state index contributed by atoms with van der Waals surface area (Å²) in [6.45, 7) is 4.42. The number of nitrogens with zero attached hydrogens (tertiary/aromatic N) is 1. The molecule has 1 aliphatic rings. The molecule has 0 aromatic rings. The predicted molar refractivity (Wildman–Crippen MR) is 237 cm³/mol. The molecule has 1 rings (SSSR count). The van der Waals surface area contributed by atoms with Gasteiger partial charge in [-0.15, -0.1) is 0 Å². The van der Waals surface area contributed by atoms with E-state index >= 15 is 0 Å². The summed E-state index contributed by atoms with van der Waals surface area (Å²) >= 11 is 0. The van der Waals surface area contributed by atoms with Crippen LogP contribution in [0.1, 0.15) is 213 Å². The zero-order valence-electron chi connectivity index (χ0n) is 37.5. The third-order valence-corrected chi connectivity index (χ3v) is 12.2. The van der Waals surface area contributed by atoms with E-state index in [-0.39, 0.29) is 13.0 Å². The van der Waals surface area contributed by atoms with Crippen molar-refractivity contribution >= 4 is 17.5 Å². The van der Waals surface area contributed by atoms with Gasteiger partial charge in [-0.1, -0.05) is 174 Å². The molecule has 0 spiro atoms. The van der Waals surface area contributed by atoms with Crippen LogP contribution in [-0.4, -0.2) is 93.0 Å². The smallest absolute Gasteiger partial charge is 0.233 e. The first kappa shape index (κ1) is 54.3. The molecule has 340 valence electrons. The number of aliphatic hydroxyl groups is 3. The average Bonchev–Trinajstić information content (AvgIpc) is 3.22. The number of ether oxygens (including phenoxy) is 1. The van der Waals surface area contributed by atoms with E-state index < -0.39 is 66.2 Å². The minimum Gasteiger partial charge on any atom is -0.394 e. The van der Waals surface area contributed by atoms with Gasteiger partial charge >= 0.3 is 0 Å². The van der Waals surface area contributed by atoms with Crippen LogP contribution in [0.4, 0.5) is 0 Å². The number of hydrogen-bond acceptors (Lipinski definition) is 10. The second-order valence-corrected chi connectivity index (χ2v) is 17.3. The maximum absolute atomic E-state index is 14.3. The number of nitrogens with two attached hydrogens (primary N) is 3. The molecule has 11 heteroatoms. The van der Waals surface area contributed by atoms with Crippen LogP contribution in [-0.2, 0) is 19.1 Å². The van der Waals surface area contributed by atoms with Crippen LogP contribution in [0.15, 0.2) is 12.2 Å². The summed E-state index contributed by atoms with van der Waals surface area (Å²) in [7, 11) is 0.